The zero-order valence-corrected chi connectivity index (χ0v) is 56.6. The van der Waals surface area contributed by atoms with E-state index in [9.17, 15) is 16.8 Å². The molecule has 0 saturated heterocycles. The fourth-order valence-electron chi connectivity index (χ4n) is 9.42. The molecule has 0 radical (unpaired) electrons. The standard InChI is InChI=1S/4C15H9.C5H14O2P2.CH2F4P2.4Au/c1-2-11-7-8-15-13(9-11)10-12-5-3-4-6-14(12)15;3*1-2-11-7-8-13-10-12-5-3-4-6-14(12)15(13)9-11;1-6-8(3)5-9(4)7-2;2-6(3)1-7(4)5;;;;/h4*3-9H,10H2;5H2,1-4H3;1H2;;;;/q4*-1;;;4*+1/p+4. The summed E-state index contributed by atoms with van der Waals surface area (Å²) in [7, 11) is -4.76. The van der Waals surface area contributed by atoms with Crippen molar-refractivity contribution in [2.24, 2.45) is 0 Å². The first kappa shape index (κ1) is 70.6. The van der Waals surface area contributed by atoms with Crippen LogP contribution in [0.2, 0.25) is 0 Å². The van der Waals surface area contributed by atoms with Crippen molar-refractivity contribution in [1.29, 1.82) is 0 Å². The summed E-state index contributed by atoms with van der Waals surface area (Å²) in [6.07, 6.45) is 32.6. The molecule has 0 aliphatic heterocycles. The van der Waals surface area contributed by atoms with Crippen LogP contribution in [0.1, 0.15) is 66.8 Å². The predicted octanol–water partition coefficient (Wildman–Crippen LogP) is 17.4. The summed E-state index contributed by atoms with van der Waals surface area (Å²) in [6.45, 7) is 4.33. The predicted molar refractivity (Wildman–Crippen MR) is 317 cm³/mol. The van der Waals surface area contributed by atoms with Gasteiger partial charge in [-0.2, -0.15) is 0 Å². The average Bonchev–Trinajstić information content (AvgIpc) is 4.22. The summed E-state index contributed by atoms with van der Waals surface area (Å²) in [4.78, 5) is 0. The monoisotopic (exact) mass is 1870 g/mol. The molecule has 0 saturated carbocycles. The summed E-state index contributed by atoms with van der Waals surface area (Å²) < 4.78 is 54.1. The van der Waals surface area contributed by atoms with Crippen molar-refractivity contribution in [3.05, 3.63) is 262 Å². The Morgan fingerprint density at radius 2 is 0.588 bits per heavy atom. The molecule has 0 heterocycles. The van der Waals surface area contributed by atoms with Crippen LogP contribution >= 0.6 is 33.4 Å². The smallest absolute Gasteiger partial charge is 0.366 e. The van der Waals surface area contributed by atoms with E-state index in [1.54, 1.807) is 14.2 Å². The van der Waals surface area contributed by atoms with Crippen molar-refractivity contribution in [2.75, 3.05) is 39.4 Å². The summed E-state index contributed by atoms with van der Waals surface area (Å²) in [5.41, 5.74) is 24.7. The Hall–Kier alpha value is -3.68. The Morgan fingerprint density at radius 1 is 0.338 bits per heavy atom. The summed E-state index contributed by atoms with van der Waals surface area (Å²) in [5, 5.41) is 0. The Kier molecular flexibility index (Phi) is 31.3. The van der Waals surface area contributed by atoms with Crippen LogP contribution in [-0.2, 0) is 124 Å². The van der Waals surface area contributed by atoms with E-state index in [1.165, 1.54) is 94.9 Å². The number of hydrogen-bond donors (Lipinski definition) is 0. The van der Waals surface area contributed by atoms with Crippen molar-refractivity contribution in [3.8, 4) is 68.2 Å². The Labute approximate surface area is 538 Å². The van der Waals surface area contributed by atoms with E-state index in [-0.39, 0.29) is 89.5 Å². The van der Waals surface area contributed by atoms with E-state index >= 15 is 0 Å². The molecular weight excluding hydrogens is 1810 g/mol. The molecule has 4 aliphatic rings. The summed E-state index contributed by atoms with van der Waals surface area (Å²) >= 11 is 0. The number of halogens is 4. The fourth-order valence-corrected chi connectivity index (χ4v) is 14.2. The quantitative estimate of drug-likeness (QED) is 0.0543. The zero-order chi connectivity index (χ0) is 54.1. The largest absolute Gasteiger partial charge is 1.00 e. The van der Waals surface area contributed by atoms with E-state index in [0.29, 0.717) is 0 Å². The molecule has 0 amide bonds. The minimum atomic E-state index is -3.64. The van der Waals surface area contributed by atoms with Crippen LogP contribution in [0.3, 0.4) is 0 Å². The fraction of sp³-hybridized carbons (Fsp3) is 0.152. The molecule has 8 aromatic rings. The molecule has 0 N–H and O–H groups in total. The molecular formula is C66H56Au4F4O2P4+4. The van der Waals surface area contributed by atoms with Crippen LogP contribution in [0.15, 0.2) is 170 Å². The van der Waals surface area contributed by atoms with Crippen molar-refractivity contribution in [3.63, 3.8) is 0 Å². The van der Waals surface area contributed by atoms with Crippen molar-refractivity contribution >= 4 is 33.4 Å². The molecule has 0 bridgehead atoms. The maximum Gasteiger partial charge on any atom is 1.00 e. The first-order valence-electron chi connectivity index (χ1n) is 24.5. The zero-order valence-electron chi connectivity index (χ0n) is 43.9. The molecule has 2 unspecified atom stereocenters. The van der Waals surface area contributed by atoms with Gasteiger partial charge in [0.15, 0.2) is 16.3 Å². The van der Waals surface area contributed by atoms with Gasteiger partial charge in [-0.3, -0.25) is 23.7 Å². The molecule has 12 rings (SSSR count). The maximum atomic E-state index is 10.9. The second kappa shape index (κ2) is 35.5. The van der Waals surface area contributed by atoms with Gasteiger partial charge in [-0.25, -0.2) is 9.05 Å². The van der Waals surface area contributed by atoms with Crippen molar-refractivity contribution in [1.82, 2.24) is 0 Å². The van der Waals surface area contributed by atoms with E-state index in [4.69, 9.17) is 34.7 Å². The number of fused-ring (bicyclic) bond motifs is 12. The van der Waals surface area contributed by atoms with Gasteiger partial charge in [0.1, 0.15) is 0 Å². The van der Waals surface area contributed by atoms with Gasteiger partial charge in [-0.15, -0.1) is 70.8 Å². The van der Waals surface area contributed by atoms with Crippen LogP contribution in [-0.4, -0.2) is 39.4 Å². The Morgan fingerprint density at radius 3 is 0.875 bits per heavy atom. The third kappa shape index (κ3) is 19.2. The normalized spacial score (nSPS) is 11.7. The van der Waals surface area contributed by atoms with E-state index in [2.05, 4.69) is 164 Å². The average molecular weight is 1870 g/mol. The summed E-state index contributed by atoms with van der Waals surface area (Å²) in [6, 6.07) is 58.3. The van der Waals surface area contributed by atoms with Crippen molar-refractivity contribution in [2.45, 2.75) is 25.7 Å². The van der Waals surface area contributed by atoms with Crippen LogP contribution < -0.4 is 0 Å². The molecule has 14 heteroatoms. The van der Waals surface area contributed by atoms with E-state index < -0.39 is 39.3 Å². The van der Waals surface area contributed by atoms with Gasteiger partial charge in [0.2, 0.25) is 5.90 Å². The maximum absolute atomic E-state index is 10.9. The first-order chi connectivity index (χ1) is 36.9. The number of rotatable bonds is 6. The molecule has 8 aromatic carbocycles. The van der Waals surface area contributed by atoms with Gasteiger partial charge in [0, 0.05) is 0 Å². The molecule has 2 atom stereocenters. The van der Waals surface area contributed by atoms with Gasteiger partial charge in [-0.05, 0) is 126 Å². The number of hydrogen-bond acceptors (Lipinski definition) is 2. The molecule has 80 heavy (non-hydrogen) atoms. The van der Waals surface area contributed by atoms with Gasteiger partial charge >= 0.3 is 107 Å². The molecule has 0 aromatic heterocycles. The SMILES string of the molecule is CO[PH+](C)C[PH+](C)OC.F[PH+](F)C[PH+](F)F.[Au+].[Au+].[Au+].[Au+].[C-]#Cc1ccc2c(c1)-c1ccccc1C2.[C-]#Cc1ccc2c(c1)-c1ccccc1C2.[C-]#Cc1ccc2c(c1)-c1ccccc1C2.[C-]#Cc1ccc2c(c1)Cc1ccccc1-2. The Bertz CT molecular complexity index is 3240. The molecule has 420 valence electrons. The van der Waals surface area contributed by atoms with Gasteiger partial charge < -0.3 is 25.7 Å². The molecule has 4 aliphatic carbocycles. The minimum absolute atomic E-state index is 0. The second-order valence-corrected chi connectivity index (χ2v) is 26.0. The third-order valence-electron chi connectivity index (χ3n) is 13.2. The van der Waals surface area contributed by atoms with Gasteiger partial charge in [-0.1, -0.05) is 127 Å². The molecule has 0 fully saturated rings. The van der Waals surface area contributed by atoms with Crippen LogP contribution in [0, 0.1) is 49.4 Å². The Balaban J connectivity index is 0.000000254. The topological polar surface area (TPSA) is 18.5 Å². The van der Waals surface area contributed by atoms with E-state index in [0.717, 1.165) is 47.9 Å². The van der Waals surface area contributed by atoms with Crippen molar-refractivity contribution < 1.29 is 115 Å². The second-order valence-electron chi connectivity index (χ2n) is 18.2. The number of benzene rings is 8. The van der Waals surface area contributed by atoms with Crippen LogP contribution in [0.25, 0.3) is 44.5 Å². The van der Waals surface area contributed by atoms with Crippen LogP contribution in [0.5, 0.6) is 0 Å². The molecule has 2 nitrogen and oxygen atoms in total. The minimum Gasteiger partial charge on any atom is -0.366 e. The third-order valence-corrected chi connectivity index (χ3v) is 20.7. The van der Waals surface area contributed by atoms with Gasteiger partial charge in [0.05, 0.1) is 27.5 Å². The van der Waals surface area contributed by atoms with Gasteiger partial charge in [0.25, 0.3) is 5.90 Å². The first-order valence-corrected chi connectivity index (χ1v) is 31.6. The summed E-state index contributed by atoms with van der Waals surface area (Å²) in [5.74, 6) is 9.81. The molecule has 0 spiro atoms. The van der Waals surface area contributed by atoms with E-state index in [1.807, 2.05) is 42.5 Å². The van der Waals surface area contributed by atoms with Crippen LogP contribution in [0.4, 0.5) is 16.8 Å².